The molecule has 2 N–H and O–H groups in total. The zero-order valence-corrected chi connectivity index (χ0v) is 17.9. The average molecular weight is 418 g/mol. The van der Waals surface area contributed by atoms with Gasteiger partial charge in [-0.3, -0.25) is 9.59 Å². The number of rotatable bonds is 8. The van der Waals surface area contributed by atoms with E-state index >= 15 is 0 Å². The Hall–Kier alpha value is -3.80. The summed E-state index contributed by atoms with van der Waals surface area (Å²) in [6, 6.07) is 19.7. The average Bonchev–Trinajstić information content (AvgIpc) is 2.77. The van der Waals surface area contributed by atoms with Gasteiger partial charge >= 0.3 is 0 Å². The predicted molar refractivity (Wildman–Crippen MR) is 122 cm³/mol. The molecular weight excluding hydrogens is 392 g/mol. The normalized spacial score (nSPS) is 10.3. The number of anilines is 2. The van der Waals surface area contributed by atoms with Gasteiger partial charge in [-0.1, -0.05) is 24.3 Å². The van der Waals surface area contributed by atoms with Crippen LogP contribution >= 0.6 is 0 Å². The zero-order valence-electron chi connectivity index (χ0n) is 17.9. The zero-order chi connectivity index (χ0) is 22.2. The topological polar surface area (TPSA) is 76.7 Å². The molecule has 0 aliphatic heterocycles. The van der Waals surface area contributed by atoms with Crippen molar-refractivity contribution in [2.24, 2.45) is 0 Å². The third-order valence-corrected chi connectivity index (χ3v) is 4.80. The second-order valence-corrected chi connectivity index (χ2v) is 6.99. The summed E-state index contributed by atoms with van der Waals surface area (Å²) in [5.41, 5.74) is 4.03. The van der Waals surface area contributed by atoms with Gasteiger partial charge in [-0.15, -0.1) is 0 Å². The molecule has 0 radical (unpaired) electrons. The van der Waals surface area contributed by atoms with Crippen molar-refractivity contribution < 1.29 is 19.1 Å². The van der Waals surface area contributed by atoms with E-state index in [-0.39, 0.29) is 18.4 Å². The first-order valence-electron chi connectivity index (χ1n) is 10.1. The smallest absolute Gasteiger partial charge is 0.262 e. The summed E-state index contributed by atoms with van der Waals surface area (Å²) in [7, 11) is 0. The van der Waals surface area contributed by atoms with Crippen LogP contribution in [0.15, 0.2) is 66.7 Å². The van der Waals surface area contributed by atoms with Gasteiger partial charge in [-0.05, 0) is 74.4 Å². The standard InChI is InChI=1S/C25H26N2O4/c1-4-30-23-11-6-5-9-22(23)26-24(28)16-31-20-14-12-19(13-15-20)25(29)27-21-10-7-8-17(2)18(21)3/h5-15H,4,16H2,1-3H3,(H,26,28)(H,27,29). The number of amides is 2. The molecule has 160 valence electrons. The highest BCUT2D eigenvalue weighted by Gasteiger charge is 2.11. The first kappa shape index (κ1) is 21.9. The Morgan fingerprint density at radius 2 is 1.52 bits per heavy atom. The Labute approximate surface area is 182 Å². The lowest BCUT2D eigenvalue weighted by molar-refractivity contribution is -0.118. The van der Waals surface area contributed by atoms with E-state index in [1.165, 1.54) is 0 Å². The maximum atomic E-state index is 12.5. The highest BCUT2D eigenvalue weighted by Crippen LogP contribution is 2.24. The number of carbonyl (C=O) groups excluding carboxylic acids is 2. The van der Waals surface area contributed by atoms with Crippen LogP contribution in [0.5, 0.6) is 11.5 Å². The van der Waals surface area contributed by atoms with Crippen LogP contribution in [-0.4, -0.2) is 25.0 Å². The molecule has 0 aromatic heterocycles. The van der Waals surface area contributed by atoms with E-state index in [2.05, 4.69) is 10.6 Å². The molecule has 0 unspecified atom stereocenters. The summed E-state index contributed by atoms with van der Waals surface area (Å²) in [5.74, 6) is 0.600. The van der Waals surface area contributed by atoms with Crippen LogP contribution < -0.4 is 20.1 Å². The number of aryl methyl sites for hydroxylation is 1. The molecule has 0 aliphatic rings. The van der Waals surface area contributed by atoms with Gasteiger partial charge in [0.15, 0.2) is 6.61 Å². The molecule has 2 amide bonds. The van der Waals surface area contributed by atoms with E-state index in [0.29, 0.717) is 29.4 Å². The summed E-state index contributed by atoms with van der Waals surface area (Å²) in [5, 5.41) is 5.70. The summed E-state index contributed by atoms with van der Waals surface area (Å²) in [4.78, 5) is 24.7. The maximum Gasteiger partial charge on any atom is 0.262 e. The molecule has 0 bridgehead atoms. The largest absolute Gasteiger partial charge is 0.492 e. The Kier molecular flexibility index (Phi) is 7.27. The number of nitrogens with one attached hydrogen (secondary N) is 2. The minimum Gasteiger partial charge on any atom is -0.492 e. The number of para-hydroxylation sites is 2. The third kappa shape index (κ3) is 5.85. The molecule has 0 fully saturated rings. The number of hydrogen-bond acceptors (Lipinski definition) is 4. The van der Waals surface area contributed by atoms with Crippen LogP contribution in [0, 0.1) is 13.8 Å². The Morgan fingerprint density at radius 1 is 0.806 bits per heavy atom. The van der Waals surface area contributed by atoms with E-state index in [9.17, 15) is 9.59 Å². The molecule has 3 rings (SSSR count). The van der Waals surface area contributed by atoms with Crippen LogP contribution in [0.2, 0.25) is 0 Å². The van der Waals surface area contributed by atoms with Gasteiger partial charge in [0.25, 0.3) is 11.8 Å². The van der Waals surface area contributed by atoms with Gasteiger partial charge in [-0.2, -0.15) is 0 Å². The molecule has 0 atom stereocenters. The molecule has 0 spiro atoms. The molecule has 31 heavy (non-hydrogen) atoms. The second-order valence-electron chi connectivity index (χ2n) is 6.99. The molecule has 0 saturated carbocycles. The van der Waals surface area contributed by atoms with Crippen LogP contribution in [0.4, 0.5) is 11.4 Å². The quantitative estimate of drug-likeness (QED) is 0.541. The first-order chi connectivity index (χ1) is 15.0. The number of ether oxygens (including phenoxy) is 2. The number of hydrogen-bond donors (Lipinski definition) is 2. The van der Waals surface area contributed by atoms with Crippen molar-refractivity contribution in [1.29, 1.82) is 0 Å². The molecular formula is C25H26N2O4. The molecule has 3 aromatic rings. The Balaban J connectivity index is 1.55. The van der Waals surface area contributed by atoms with Crippen LogP contribution in [0.25, 0.3) is 0 Å². The monoisotopic (exact) mass is 418 g/mol. The Bertz CT molecular complexity index is 1060. The van der Waals surface area contributed by atoms with Crippen LogP contribution in [0.1, 0.15) is 28.4 Å². The van der Waals surface area contributed by atoms with E-state index in [4.69, 9.17) is 9.47 Å². The molecule has 6 nitrogen and oxygen atoms in total. The highest BCUT2D eigenvalue weighted by atomic mass is 16.5. The van der Waals surface area contributed by atoms with Gasteiger partial charge in [0.05, 0.1) is 12.3 Å². The van der Waals surface area contributed by atoms with E-state index in [0.717, 1.165) is 16.8 Å². The van der Waals surface area contributed by atoms with Crippen molar-refractivity contribution in [3.05, 3.63) is 83.4 Å². The summed E-state index contributed by atoms with van der Waals surface area (Å²) in [6.45, 7) is 6.21. The highest BCUT2D eigenvalue weighted by molar-refractivity contribution is 6.04. The van der Waals surface area contributed by atoms with Crippen molar-refractivity contribution in [2.45, 2.75) is 20.8 Å². The minimum atomic E-state index is -0.302. The fourth-order valence-electron chi connectivity index (χ4n) is 2.97. The lowest BCUT2D eigenvalue weighted by atomic mass is 10.1. The van der Waals surface area contributed by atoms with Gasteiger partial charge in [-0.25, -0.2) is 0 Å². The molecule has 0 saturated heterocycles. The Morgan fingerprint density at radius 3 is 2.26 bits per heavy atom. The van der Waals surface area contributed by atoms with E-state index in [1.54, 1.807) is 36.4 Å². The van der Waals surface area contributed by atoms with Gasteiger partial charge in [0.2, 0.25) is 0 Å². The molecule has 6 heteroatoms. The van der Waals surface area contributed by atoms with Crippen molar-refractivity contribution in [1.82, 2.24) is 0 Å². The summed E-state index contributed by atoms with van der Waals surface area (Å²) in [6.07, 6.45) is 0. The predicted octanol–water partition coefficient (Wildman–Crippen LogP) is 4.97. The van der Waals surface area contributed by atoms with Gasteiger partial charge < -0.3 is 20.1 Å². The summed E-state index contributed by atoms with van der Waals surface area (Å²) < 4.78 is 11.0. The maximum absolute atomic E-state index is 12.5. The lowest BCUT2D eigenvalue weighted by Gasteiger charge is -2.12. The minimum absolute atomic E-state index is 0.158. The SMILES string of the molecule is CCOc1ccccc1NC(=O)COc1ccc(C(=O)Nc2cccc(C)c2C)cc1. The van der Waals surface area contributed by atoms with Crippen LogP contribution in [0.3, 0.4) is 0 Å². The van der Waals surface area contributed by atoms with E-state index < -0.39 is 0 Å². The van der Waals surface area contributed by atoms with Crippen molar-refractivity contribution >= 4 is 23.2 Å². The first-order valence-corrected chi connectivity index (χ1v) is 10.1. The molecule has 0 heterocycles. The number of carbonyl (C=O) groups is 2. The van der Waals surface area contributed by atoms with Crippen molar-refractivity contribution in [2.75, 3.05) is 23.8 Å². The van der Waals surface area contributed by atoms with E-state index in [1.807, 2.05) is 51.1 Å². The molecule has 0 aliphatic carbocycles. The van der Waals surface area contributed by atoms with Crippen molar-refractivity contribution in [3.63, 3.8) is 0 Å². The van der Waals surface area contributed by atoms with Gasteiger partial charge in [0, 0.05) is 11.3 Å². The van der Waals surface area contributed by atoms with Crippen molar-refractivity contribution in [3.8, 4) is 11.5 Å². The van der Waals surface area contributed by atoms with Gasteiger partial charge in [0.1, 0.15) is 11.5 Å². The fourth-order valence-corrected chi connectivity index (χ4v) is 2.97. The number of benzene rings is 3. The van der Waals surface area contributed by atoms with Crippen LogP contribution in [-0.2, 0) is 4.79 Å². The summed E-state index contributed by atoms with van der Waals surface area (Å²) >= 11 is 0. The molecule has 3 aromatic carbocycles. The lowest BCUT2D eigenvalue weighted by Crippen LogP contribution is -2.20. The third-order valence-electron chi connectivity index (χ3n) is 4.80. The fraction of sp³-hybridized carbons (Fsp3) is 0.200. The second kappa shape index (κ2) is 10.3.